The molecule has 1 aliphatic rings. The minimum absolute atomic E-state index is 0.0421. The average molecular weight is 267 g/mol. The number of pyridine rings is 1. The fourth-order valence-corrected chi connectivity index (χ4v) is 2.69. The lowest BCUT2D eigenvalue weighted by atomic mass is 10.1. The van der Waals surface area contributed by atoms with Gasteiger partial charge >= 0.3 is 0 Å². The van der Waals surface area contributed by atoms with Crippen LogP contribution in [0.4, 0.5) is 11.5 Å². The molecular formula is C16H17N3O. The lowest BCUT2D eigenvalue weighted by Crippen LogP contribution is -2.36. The highest BCUT2D eigenvalue weighted by Gasteiger charge is 2.31. The van der Waals surface area contributed by atoms with Crippen LogP contribution in [0.2, 0.25) is 0 Å². The van der Waals surface area contributed by atoms with Gasteiger partial charge in [-0.1, -0.05) is 24.3 Å². The standard InChI is InChI=1S/C16H17N3O/c1-11-10-12-6-3-4-8-14(12)19(11)16(20)13-7-5-9-15(17-2)18-13/h3-9,11H,10H2,1-2H3,(H,17,18). The second-order valence-corrected chi connectivity index (χ2v) is 5.02. The maximum absolute atomic E-state index is 12.7. The molecule has 20 heavy (non-hydrogen) atoms. The number of para-hydroxylation sites is 1. The van der Waals surface area contributed by atoms with E-state index >= 15 is 0 Å². The smallest absolute Gasteiger partial charge is 0.277 e. The fraction of sp³-hybridized carbons (Fsp3) is 0.250. The molecule has 102 valence electrons. The molecule has 1 unspecified atom stereocenters. The first-order chi connectivity index (χ1) is 9.70. The van der Waals surface area contributed by atoms with Crippen molar-refractivity contribution < 1.29 is 4.79 Å². The number of fused-ring (bicyclic) bond motifs is 1. The van der Waals surface area contributed by atoms with Gasteiger partial charge in [0, 0.05) is 18.8 Å². The first-order valence-corrected chi connectivity index (χ1v) is 6.77. The zero-order chi connectivity index (χ0) is 14.1. The molecular weight excluding hydrogens is 250 g/mol. The van der Waals surface area contributed by atoms with Crippen LogP contribution in [-0.2, 0) is 6.42 Å². The van der Waals surface area contributed by atoms with Gasteiger partial charge in [0.1, 0.15) is 11.5 Å². The van der Waals surface area contributed by atoms with Crippen molar-refractivity contribution in [3.63, 3.8) is 0 Å². The Balaban J connectivity index is 1.98. The van der Waals surface area contributed by atoms with E-state index in [0.717, 1.165) is 12.1 Å². The molecule has 0 spiro atoms. The molecule has 1 N–H and O–H groups in total. The van der Waals surface area contributed by atoms with E-state index in [1.54, 1.807) is 13.1 Å². The highest BCUT2D eigenvalue weighted by Crippen LogP contribution is 2.32. The molecule has 0 fully saturated rings. The Hall–Kier alpha value is -2.36. The summed E-state index contributed by atoms with van der Waals surface area (Å²) in [7, 11) is 1.80. The second kappa shape index (κ2) is 4.96. The van der Waals surface area contributed by atoms with Crippen molar-refractivity contribution in [2.75, 3.05) is 17.3 Å². The van der Waals surface area contributed by atoms with Gasteiger partial charge in [0.15, 0.2) is 0 Å². The molecule has 4 heteroatoms. The maximum Gasteiger partial charge on any atom is 0.277 e. The normalized spacial score (nSPS) is 16.9. The summed E-state index contributed by atoms with van der Waals surface area (Å²) in [6.45, 7) is 2.07. The van der Waals surface area contributed by atoms with Crippen LogP contribution in [0.3, 0.4) is 0 Å². The SMILES string of the molecule is CNc1cccc(C(=O)N2c3ccccc3CC2C)n1. The average Bonchev–Trinajstić information content (AvgIpc) is 2.82. The number of hydrogen-bond donors (Lipinski definition) is 1. The van der Waals surface area contributed by atoms with E-state index in [1.165, 1.54) is 5.56 Å². The van der Waals surface area contributed by atoms with Crippen molar-refractivity contribution in [2.45, 2.75) is 19.4 Å². The first kappa shape index (κ1) is 12.7. The van der Waals surface area contributed by atoms with Crippen LogP contribution in [0.1, 0.15) is 23.0 Å². The summed E-state index contributed by atoms with van der Waals surface area (Å²) in [5, 5.41) is 2.96. The lowest BCUT2D eigenvalue weighted by molar-refractivity contribution is 0.0977. The van der Waals surface area contributed by atoms with Gasteiger partial charge in [-0.05, 0) is 37.1 Å². The summed E-state index contributed by atoms with van der Waals surface area (Å²) in [5.74, 6) is 0.663. The molecule has 0 saturated heterocycles. The van der Waals surface area contributed by atoms with Crippen molar-refractivity contribution in [3.8, 4) is 0 Å². The highest BCUT2D eigenvalue weighted by molar-refractivity contribution is 6.06. The van der Waals surface area contributed by atoms with E-state index in [9.17, 15) is 4.79 Å². The van der Waals surface area contributed by atoms with Crippen LogP contribution in [0.15, 0.2) is 42.5 Å². The number of aromatic nitrogens is 1. The summed E-state index contributed by atoms with van der Waals surface area (Å²) < 4.78 is 0. The lowest BCUT2D eigenvalue weighted by Gasteiger charge is -2.22. The summed E-state index contributed by atoms with van der Waals surface area (Å²) in [6.07, 6.45) is 0.896. The second-order valence-electron chi connectivity index (χ2n) is 5.02. The number of anilines is 2. The summed E-state index contributed by atoms with van der Waals surface area (Å²) in [5.41, 5.74) is 2.69. The number of benzene rings is 1. The molecule has 1 aliphatic heterocycles. The van der Waals surface area contributed by atoms with Gasteiger partial charge in [0.05, 0.1) is 0 Å². The van der Waals surface area contributed by atoms with E-state index in [1.807, 2.05) is 35.2 Å². The molecule has 1 amide bonds. The van der Waals surface area contributed by atoms with E-state index in [-0.39, 0.29) is 11.9 Å². The van der Waals surface area contributed by atoms with E-state index in [4.69, 9.17) is 0 Å². The third-order valence-corrected chi connectivity index (χ3v) is 3.65. The zero-order valence-corrected chi connectivity index (χ0v) is 11.6. The van der Waals surface area contributed by atoms with Crippen LogP contribution in [-0.4, -0.2) is 24.0 Å². The van der Waals surface area contributed by atoms with Crippen LogP contribution < -0.4 is 10.2 Å². The Kier molecular flexibility index (Phi) is 3.14. The molecule has 0 aliphatic carbocycles. The van der Waals surface area contributed by atoms with E-state index in [0.29, 0.717) is 11.5 Å². The molecule has 1 aromatic carbocycles. The van der Waals surface area contributed by atoms with E-state index in [2.05, 4.69) is 23.3 Å². The topological polar surface area (TPSA) is 45.2 Å². The summed E-state index contributed by atoms with van der Waals surface area (Å²) in [4.78, 5) is 18.9. The molecule has 1 aromatic heterocycles. The molecule has 2 heterocycles. The molecule has 0 bridgehead atoms. The van der Waals surface area contributed by atoms with Gasteiger partial charge in [-0.15, -0.1) is 0 Å². The Morgan fingerprint density at radius 3 is 2.85 bits per heavy atom. The molecule has 3 rings (SSSR count). The monoisotopic (exact) mass is 267 g/mol. The van der Waals surface area contributed by atoms with Crippen molar-refractivity contribution in [1.82, 2.24) is 4.98 Å². The fourth-order valence-electron chi connectivity index (χ4n) is 2.69. The van der Waals surface area contributed by atoms with E-state index < -0.39 is 0 Å². The highest BCUT2D eigenvalue weighted by atomic mass is 16.2. The minimum atomic E-state index is -0.0421. The number of carbonyl (C=O) groups is 1. The van der Waals surface area contributed by atoms with Crippen LogP contribution in [0, 0.1) is 0 Å². The van der Waals surface area contributed by atoms with Gasteiger partial charge < -0.3 is 10.2 Å². The predicted molar refractivity (Wildman–Crippen MR) is 80.2 cm³/mol. The number of nitrogens with one attached hydrogen (secondary N) is 1. The van der Waals surface area contributed by atoms with Crippen LogP contribution in [0.5, 0.6) is 0 Å². The quantitative estimate of drug-likeness (QED) is 0.910. The summed E-state index contributed by atoms with van der Waals surface area (Å²) in [6, 6.07) is 13.7. The van der Waals surface area contributed by atoms with Crippen LogP contribution in [0.25, 0.3) is 0 Å². The maximum atomic E-state index is 12.7. The van der Waals surface area contributed by atoms with Crippen molar-refractivity contribution in [1.29, 1.82) is 0 Å². The van der Waals surface area contributed by atoms with Gasteiger partial charge in [0.2, 0.25) is 0 Å². The Bertz CT molecular complexity index is 654. The van der Waals surface area contributed by atoms with Gasteiger partial charge in [-0.2, -0.15) is 0 Å². The third kappa shape index (κ3) is 2.03. The predicted octanol–water partition coefficient (Wildman–Crippen LogP) is 2.71. The number of nitrogens with zero attached hydrogens (tertiary/aromatic N) is 2. The third-order valence-electron chi connectivity index (χ3n) is 3.65. The number of amides is 1. The van der Waals surface area contributed by atoms with Crippen molar-refractivity contribution in [3.05, 3.63) is 53.7 Å². The number of hydrogen-bond acceptors (Lipinski definition) is 3. The van der Waals surface area contributed by atoms with Crippen molar-refractivity contribution in [2.24, 2.45) is 0 Å². The largest absolute Gasteiger partial charge is 0.373 e. The first-order valence-electron chi connectivity index (χ1n) is 6.77. The van der Waals surface area contributed by atoms with Crippen molar-refractivity contribution >= 4 is 17.4 Å². The molecule has 4 nitrogen and oxygen atoms in total. The summed E-state index contributed by atoms with van der Waals surface area (Å²) >= 11 is 0. The van der Waals surface area contributed by atoms with Crippen LogP contribution >= 0.6 is 0 Å². The molecule has 0 radical (unpaired) electrons. The minimum Gasteiger partial charge on any atom is -0.373 e. The Morgan fingerprint density at radius 2 is 2.05 bits per heavy atom. The Morgan fingerprint density at radius 1 is 1.25 bits per heavy atom. The number of carbonyl (C=O) groups excluding carboxylic acids is 1. The van der Waals surface area contributed by atoms with Gasteiger partial charge in [-0.3, -0.25) is 4.79 Å². The number of rotatable bonds is 2. The Labute approximate surface area is 118 Å². The molecule has 2 aromatic rings. The molecule has 0 saturated carbocycles. The zero-order valence-electron chi connectivity index (χ0n) is 11.6. The van der Waals surface area contributed by atoms with Gasteiger partial charge in [-0.25, -0.2) is 4.98 Å². The van der Waals surface area contributed by atoms with Gasteiger partial charge in [0.25, 0.3) is 5.91 Å². The molecule has 1 atom stereocenters.